The van der Waals surface area contributed by atoms with E-state index in [0.29, 0.717) is 21.3 Å². The Hall–Kier alpha value is -1.02. The Labute approximate surface area is 206 Å². The molecule has 0 saturated carbocycles. The van der Waals surface area contributed by atoms with Crippen LogP contribution in [-0.2, 0) is 16.2 Å². The number of hydrogen-bond acceptors (Lipinski definition) is 5. The van der Waals surface area contributed by atoms with Crippen molar-refractivity contribution in [2.75, 3.05) is 22.1 Å². The zero-order chi connectivity index (χ0) is 23.2. The lowest BCUT2D eigenvalue weighted by atomic mass is 10.2. The van der Waals surface area contributed by atoms with Crippen molar-refractivity contribution in [2.24, 2.45) is 0 Å². The zero-order valence-electron chi connectivity index (χ0n) is 15.9. The van der Waals surface area contributed by atoms with Gasteiger partial charge in [0.05, 0.1) is 25.7 Å². The molecule has 0 bridgehead atoms. The molecule has 31 heavy (non-hydrogen) atoms. The third-order valence-corrected chi connectivity index (χ3v) is 7.29. The van der Waals surface area contributed by atoms with E-state index in [0.717, 1.165) is 17.8 Å². The minimum absolute atomic E-state index is 0.151. The van der Waals surface area contributed by atoms with Crippen LogP contribution in [0.3, 0.4) is 0 Å². The van der Waals surface area contributed by atoms with Crippen molar-refractivity contribution in [2.45, 2.75) is 16.0 Å². The van der Waals surface area contributed by atoms with Gasteiger partial charge in [0.25, 0.3) is 10.0 Å². The molecule has 2 aromatic rings. The van der Waals surface area contributed by atoms with Gasteiger partial charge in [-0.05, 0) is 36.4 Å². The van der Waals surface area contributed by atoms with E-state index in [1.54, 1.807) is 25.4 Å². The highest BCUT2D eigenvalue weighted by Crippen LogP contribution is 2.37. The molecule has 0 atom stereocenters. The summed E-state index contributed by atoms with van der Waals surface area (Å²) >= 11 is 15.1. The summed E-state index contributed by atoms with van der Waals surface area (Å²) in [7, 11) is -2.58. The number of benzene rings is 2. The van der Waals surface area contributed by atoms with Gasteiger partial charge < -0.3 is 10.6 Å². The molecule has 0 spiro atoms. The molecule has 0 aliphatic heterocycles. The zero-order valence-corrected chi connectivity index (χ0v) is 21.2. The van der Waals surface area contributed by atoms with Crippen molar-refractivity contribution < 1.29 is 21.6 Å². The molecular formula is C18H17Cl2F3IN3O2S2. The topological polar surface area (TPSA) is 70.2 Å². The molecule has 0 unspecified atom stereocenters. The monoisotopic (exact) mass is 625 g/mol. The maximum absolute atomic E-state index is 13.1. The second kappa shape index (κ2) is 11.2. The molecule has 0 radical (unpaired) electrons. The van der Waals surface area contributed by atoms with Crippen molar-refractivity contribution in [1.82, 2.24) is 10.6 Å². The molecule has 13 heteroatoms. The van der Waals surface area contributed by atoms with Gasteiger partial charge in [-0.15, -0.1) is 11.8 Å². The summed E-state index contributed by atoms with van der Waals surface area (Å²) in [5.74, 6) is 0.482. The van der Waals surface area contributed by atoms with Crippen LogP contribution < -0.4 is 15.4 Å². The molecule has 0 heterocycles. The average molecular weight is 626 g/mol. The molecule has 0 aliphatic rings. The van der Waals surface area contributed by atoms with Crippen LogP contribution in [0.15, 0.2) is 58.1 Å². The number of sulfonamides is 1. The lowest BCUT2D eigenvalue weighted by Crippen LogP contribution is -2.16. The first-order valence-corrected chi connectivity index (χ1v) is 13.2. The van der Waals surface area contributed by atoms with E-state index in [9.17, 15) is 21.6 Å². The van der Waals surface area contributed by atoms with E-state index >= 15 is 0 Å². The normalized spacial score (nSPS) is 12.5. The second-order valence-corrected chi connectivity index (χ2v) is 10.2. The summed E-state index contributed by atoms with van der Waals surface area (Å²) in [6.45, 7) is 0. The van der Waals surface area contributed by atoms with Crippen LogP contribution in [0.5, 0.6) is 0 Å². The molecule has 0 amide bonds. The summed E-state index contributed by atoms with van der Waals surface area (Å²) < 4.78 is 68.0. The standard InChI is InChI=1S/C18H17Cl2F3IN3O2S2/c1-25-12(8-26-10-24)9-30-17-5-2-11(19)6-16(17)27-31(28,29)13-3-4-15(20)14(7-13)18(21,22)23/h2-8,25-27H,9-10H2,1H3/b12-8-. The largest absolute Gasteiger partial charge is 0.417 e. The van der Waals surface area contributed by atoms with Crippen LogP contribution in [0, 0.1) is 0 Å². The summed E-state index contributed by atoms with van der Waals surface area (Å²) in [5, 5.41) is 5.77. The van der Waals surface area contributed by atoms with Crippen molar-refractivity contribution in [3.05, 3.63) is 63.9 Å². The summed E-state index contributed by atoms with van der Waals surface area (Å²) in [6, 6.07) is 7.03. The Morgan fingerprint density at radius 1 is 1.19 bits per heavy atom. The molecule has 2 rings (SSSR count). The molecule has 0 fully saturated rings. The smallest absolute Gasteiger partial charge is 0.390 e. The molecule has 2 aromatic carbocycles. The number of anilines is 1. The average Bonchev–Trinajstić information content (AvgIpc) is 2.68. The fraction of sp³-hybridized carbons (Fsp3) is 0.222. The number of thioether (sulfide) groups is 1. The Morgan fingerprint density at radius 3 is 2.52 bits per heavy atom. The molecular weight excluding hydrogens is 609 g/mol. The van der Waals surface area contributed by atoms with Crippen molar-refractivity contribution in [1.29, 1.82) is 0 Å². The highest BCUT2D eigenvalue weighted by atomic mass is 127. The molecule has 170 valence electrons. The number of alkyl halides is 4. The Balaban J connectivity index is 2.34. The number of hydrogen-bond donors (Lipinski definition) is 3. The fourth-order valence-corrected chi connectivity index (χ4v) is 5.05. The van der Waals surface area contributed by atoms with Crippen LogP contribution in [0.2, 0.25) is 10.0 Å². The van der Waals surface area contributed by atoms with E-state index in [-0.39, 0.29) is 10.7 Å². The predicted octanol–water partition coefficient (Wildman–Crippen LogP) is 5.95. The maximum Gasteiger partial charge on any atom is 0.417 e. The van der Waals surface area contributed by atoms with Gasteiger partial charge >= 0.3 is 6.18 Å². The number of halogens is 6. The SMILES string of the molecule is CN/C(=C\NCI)CSc1ccc(Cl)cc1NS(=O)(=O)c1ccc(Cl)c(C(F)(F)F)c1. The second-order valence-electron chi connectivity index (χ2n) is 5.93. The summed E-state index contributed by atoms with van der Waals surface area (Å²) in [5.41, 5.74) is -0.222. The Morgan fingerprint density at radius 2 is 1.90 bits per heavy atom. The quantitative estimate of drug-likeness (QED) is 0.139. The molecule has 0 saturated heterocycles. The minimum Gasteiger partial charge on any atom is -0.390 e. The lowest BCUT2D eigenvalue weighted by Gasteiger charge is -2.15. The van der Waals surface area contributed by atoms with E-state index in [1.165, 1.54) is 17.8 Å². The van der Waals surface area contributed by atoms with Crippen molar-refractivity contribution >= 4 is 73.3 Å². The summed E-state index contributed by atoms with van der Waals surface area (Å²) in [4.78, 5) is -0.0178. The van der Waals surface area contributed by atoms with Crippen LogP contribution >= 0.6 is 57.6 Å². The third kappa shape index (κ3) is 7.52. The maximum atomic E-state index is 13.1. The van der Waals surface area contributed by atoms with E-state index < -0.39 is 31.7 Å². The first kappa shape index (κ1) is 26.2. The minimum atomic E-state index is -4.79. The van der Waals surface area contributed by atoms with Crippen LogP contribution in [-0.4, -0.2) is 25.8 Å². The van der Waals surface area contributed by atoms with Gasteiger partial charge in [0.15, 0.2) is 0 Å². The highest BCUT2D eigenvalue weighted by molar-refractivity contribution is 14.1. The van der Waals surface area contributed by atoms with Crippen molar-refractivity contribution in [3.63, 3.8) is 0 Å². The molecule has 0 aliphatic carbocycles. The summed E-state index contributed by atoms with van der Waals surface area (Å²) in [6.07, 6.45) is -2.99. The number of nitrogens with one attached hydrogen (secondary N) is 3. The van der Waals surface area contributed by atoms with Gasteiger partial charge in [0, 0.05) is 34.6 Å². The van der Waals surface area contributed by atoms with Gasteiger partial charge in [-0.2, -0.15) is 13.2 Å². The molecule has 5 nitrogen and oxygen atoms in total. The van der Waals surface area contributed by atoms with Gasteiger partial charge in [0.1, 0.15) is 0 Å². The van der Waals surface area contributed by atoms with Gasteiger partial charge in [-0.1, -0.05) is 45.8 Å². The van der Waals surface area contributed by atoms with Crippen LogP contribution in [0.4, 0.5) is 18.9 Å². The third-order valence-electron chi connectivity index (χ3n) is 3.80. The number of rotatable bonds is 9. The van der Waals surface area contributed by atoms with Gasteiger partial charge in [-0.3, -0.25) is 4.72 Å². The Bertz CT molecular complexity index is 1070. The highest BCUT2D eigenvalue weighted by Gasteiger charge is 2.34. The van der Waals surface area contributed by atoms with E-state index in [2.05, 4.69) is 37.9 Å². The first-order chi connectivity index (χ1) is 14.5. The molecule has 3 N–H and O–H groups in total. The van der Waals surface area contributed by atoms with Crippen LogP contribution in [0.1, 0.15) is 5.56 Å². The fourth-order valence-electron chi connectivity index (χ4n) is 2.30. The van der Waals surface area contributed by atoms with E-state index in [4.69, 9.17) is 23.2 Å². The van der Waals surface area contributed by atoms with Crippen molar-refractivity contribution in [3.8, 4) is 0 Å². The van der Waals surface area contributed by atoms with Gasteiger partial charge in [-0.25, -0.2) is 8.42 Å². The lowest BCUT2D eigenvalue weighted by molar-refractivity contribution is -0.137. The van der Waals surface area contributed by atoms with Gasteiger partial charge in [0.2, 0.25) is 0 Å². The van der Waals surface area contributed by atoms with Crippen LogP contribution in [0.25, 0.3) is 0 Å². The molecule has 0 aromatic heterocycles. The Kier molecular flexibility index (Phi) is 9.49. The predicted molar refractivity (Wildman–Crippen MR) is 129 cm³/mol. The van der Waals surface area contributed by atoms with E-state index in [1.807, 2.05) is 0 Å². The first-order valence-electron chi connectivity index (χ1n) is 8.46.